The molecule has 0 aromatic rings. The second kappa shape index (κ2) is 5.31. The topological polar surface area (TPSA) is 140 Å². The number of ether oxygens (including phenoxy) is 1. The van der Waals surface area contributed by atoms with E-state index >= 15 is 0 Å². The van der Waals surface area contributed by atoms with Crippen LogP contribution < -0.4 is 5.73 Å². The third-order valence-corrected chi connectivity index (χ3v) is 3.49. The van der Waals surface area contributed by atoms with Gasteiger partial charge in [0.1, 0.15) is 23.1 Å². The van der Waals surface area contributed by atoms with Gasteiger partial charge in [-0.15, -0.1) is 11.6 Å². The van der Waals surface area contributed by atoms with Crippen LogP contribution in [0.15, 0.2) is 34.8 Å². The van der Waals surface area contributed by atoms with Crippen molar-refractivity contribution in [3.63, 3.8) is 0 Å². The van der Waals surface area contributed by atoms with Gasteiger partial charge in [-0.25, -0.2) is 4.99 Å². The van der Waals surface area contributed by atoms with Gasteiger partial charge in [-0.1, -0.05) is 11.7 Å². The third-order valence-electron chi connectivity index (χ3n) is 3.04. The van der Waals surface area contributed by atoms with Crippen LogP contribution in [-0.2, 0) is 4.74 Å². The summed E-state index contributed by atoms with van der Waals surface area (Å²) >= 11 is 6.10. The number of nitrogens with two attached hydrogens (primary N) is 1. The van der Waals surface area contributed by atoms with Crippen LogP contribution in [0.4, 0.5) is 0 Å². The number of aliphatic hydroxyl groups is 2. The summed E-state index contributed by atoms with van der Waals surface area (Å²) in [7, 11) is 0. The molecule has 2 rings (SSSR count). The number of aliphatic hydroxyl groups excluding tert-OH is 2. The van der Waals surface area contributed by atoms with Crippen LogP contribution in [-0.4, -0.2) is 51.0 Å². The standard InChI is InChI=1S/C10H13ClN6O3/c1-5-14-6(12)2-3-17(5)9-7(11)8(19)10(4-18,20-9)15-16-13/h2-3,7-9,18-19H,1,4H2,(H2,12,14)/t7-,8+,9-,10-/m1/s1. The molecule has 108 valence electrons. The molecule has 0 bridgehead atoms. The second-order valence-corrected chi connectivity index (χ2v) is 4.77. The Balaban J connectivity index is 2.30. The molecule has 0 aromatic carbocycles. The first kappa shape index (κ1) is 14.6. The normalized spacial score (nSPS) is 36.8. The molecule has 0 aromatic heterocycles. The van der Waals surface area contributed by atoms with Gasteiger partial charge in [0.2, 0.25) is 0 Å². The molecular formula is C10H13ClN6O3. The minimum absolute atomic E-state index is 0.252. The van der Waals surface area contributed by atoms with Crippen molar-refractivity contribution in [2.45, 2.75) is 23.4 Å². The van der Waals surface area contributed by atoms with Gasteiger partial charge in [0.15, 0.2) is 12.0 Å². The number of nitrogens with zero attached hydrogens (tertiary/aromatic N) is 5. The Labute approximate surface area is 119 Å². The number of hydrogen-bond donors (Lipinski definition) is 3. The maximum atomic E-state index is 10.1. The van der Waals surface area contributed by atoms with Crippen LogP contribution in [0.1, 0.15) is 0 Å². The van der Waals surface area contributed by atoms with E-state index in [1.165, 1.54) is 17.2 Å². The zero-order chi connectivity index (χ0) is 14.9. The number of rotatable bonds is 3. The van der Waals surface area contributed by atoms with Crippen LogP contribution in [0.25, 0.3) is 10.4 Å². The highest BCUT2D eigenvalue weighted by atomic mass is 35.5. The molecule has 0 spiro atoms. The van der Waals surface area contributed by atoms with Crippen molar-refractivity contribution >= 4 is 17.4 Å². The molecule has 1 saturated heterocycles. The maximum Gasteiger partial charge on any atom is 0.199 e. The Morgan fingerprint density at radius 1 is 1.75 bits per heavy atom. The lowest BCUT2D eigenvalue weighted by Gasteiger charge is -2.31. The zero-order valence-corrected chi connectivity index (χ0v) is 11.1. The van der Waals surface area contributed by atoms with Gasteiger partial charge < -0.3 is 25.6 Å². The largest absolute Gasteiger partial charge is 0.393 e. The molecule has 0 amide bonds. The van der Waals surface area contributed by atoms with Gasteiger partial charge in [-0.3, -0.25) is 0 Å². The lowest BCUT2D eigenvalue weighted by molar-refractivity contribution is -0.129. The summed E-state index contributed by atoms with van der Waals surface area (Å²) in [6.07, 6.45) is 0.728. The van der Waals surface area contributed by atoms with Crippen LogP contribution in [0, 0.1) is 0 Å². The van der Waals surface area contributed by atoms with E-state index in [9.17, 15) is 10.2 Å². The van der Waals surface area contributed by atoms with Gasteiger partial charge in [-0.05, 0) is 11.6 Å². The molecule has 0 saturated carbocycles. The van der Waals surface area contributed by atoms with E-state index in [0.29, 0.717) is 0 Å². The van der Waals surface area contributed by atoms with Gasteiger partial charge in [-0.2, -0.15) is 0 Å². The molecule has 10 heteroatoms. The van der Waals surface area contributed by atoms with Crippen molar-refractivity contribution in [2.75, 3.05) is 6.61 Å². The highest BCUT2D eigenvalue weighted by molar-refractivity contribution is 6.21. The first-order chi connectivity index (χ1) is 9.45. The molecule has 4 atom stereocenters. The Bertz CT molecular complexity index is 531. The molecule has 9 nitrogen and oxygen atoms in total. The maximum absolute atomic E-state index is 10.1. The van der Waals surface area contributed by atoms with E-state index in [1.807, 2.05) is 0 Å². The highest BCUT2D eigenvalue weighted by Crippen LogP contribution is 2.38. The van der Waals surface area contributed by atoms with E-state index in [4.69, 9.17) is 27.6 Å². The molecule has 2 heterocycles. The summed E-state index contributed by atoms with van der Waals surface area (Å²) < 4.78 is 5.46. The molecule has 4 N–H and O–H groups in total. The minimum atomic E-state index is -1.84. The second-order valence-electron chi connectivity index (χ2n) is 4.27. The predicted molar refractivity (Wildman–Crippen MR) is 71.2 cm³/mol. The van der Waals surface area contributed by atoms with E-state index in [1.54, 1.807) is 0 Å². The first-order valence-corrected chi connectivity index (χ1v) is 6.05. The molecule has 0 unspecified atom stereocenters. The van der Waals surface area contributed by atoms with Crippen LogP contribution in [0.5, 0.6) is 0 Å². The fraction of sp³-hybridized carbons (Fsp3) is 0.500. The van der Waals surface area contributed by atoms with Crippen LogP contribution >= 0.6 is 11.6 Å². The molecule has 0 aliphatic carbocycles. The van der Waals surface area contributed by atoms with E-state index in [2.05, 4.69) is 21.6 Å². The molecule has 2 aliphatic heterocycles. The molecule has 0 radical (unpaired) electrons. The van der Waals surface area contributed by atoms with Crippen molar-refractivity contribution in [2.24, 2.45) is 15.8 Å². The monoisotopic (exact) mass is 300 g/mol. The van der Waals surface area contributed by atoms with E-state index in [-0.39, 0.29) is 11.7 Å². The SMILES string of the molecule is C=C1N=C(N)C=CN1[C@@H]1O[C@@](CO)(N=[N+]=[N-])[C@@H](O)[C@H]1Cl. The van der Waals surface area contributed by atoms with Crippen LogP contribution in [0.2, 0.25) is 0 Å². The number of amidine groups is 1. The van der Waals surface area contributed by atoms with Gasteiger partial charge in [0, 0.05) is 11.1 Å². The van der Waals surface area contributed by atoms with Gasteiger partial charge in [0.25, 0.3) is 0 Å². The molecule has 2 aliphatic rings. The molecule has 1 fully saturated rings. The summed E-state index contributed by atoms with van der Waals surface area (Å²) in [6, 6.07) is 0. The minimum Gasteiger partial charge on any atom is -0.393 e. The van der Waals surface area contributed by atoms with Crippen molar-refractivity contribution < 1.29 is 14.9 Å². The fourth-order valence-electron chi connectivity index (χ4n) is 2.00. The summed E-state index contributed by atoms with van der Waals surface area (Å²) in [5, 5.41) is 21.8. The van der Waals surface area contributed by atoms with Crippen molar-refractivity contribution in [3.05, 3.63) is 35.1 Å². The summed E-state index contributed by atoms with van der Waals surface area (Å²) in [5.41, 5.74) is 12.2. The quantitative estimate of drug-likeness (QED) is 0.290. The highest BCUT2D eigenvalue weighted by Gasteiger charge is 2.55. The number of hydrogen-bond acceptors (Lipinski definition) is 7. The Hall–Kier alpha value is -1.77. The van der Waals surface area contributed by atoms with E-state index < -0.39 is 30.0 Å². The Morgan fingerprint density at radius 3 is 3.00 bits per heavy atom. The summed E-state index contributed by atoms with van der Waals surface area (Å²) in [5.74, 6) is 0.516. The lowest BCUT2D eigenvalue weighted by atomic mass is 10.1. The van der Waals surface area contributed by atoms with Crippen LogP contribution in [0.3, 0.4) is 0 Å². The van der Waals surface area contributed by atoms with Crippen molar-refractivity contribution in [1.29, 1.82) is 0 Å². The number of azide groups is 1. The number of alkyl halides is 1. The average molecular weight is 301 g/mol. The average Bonchev–Trinajstić information content (AvgIpc) is 2.65. The fourth-order valence-corrected chi connectivity index (χ4v) is 2.37. The first-order valence-electron chi connectivity index (χ1n) is 5.62. The molecule has 20 heavy (non-hydrogen) atoms. The molecular weight excluding hydrogens is 288 g/mol. The Kier molecular flexibility index (Phi) is 3.89. The lowest BCUT2D eigenvalue weighted by Crippen LogP contribution is -2.43. The Morgan fingerprint density at radius 2 is 2.45 bits per heavy atom. The summed E-state index contributed by atoms with van der Waals surface area (Å²) in [6.45, 7) is 2.98. The predicted octanol–water partition coefficient (Wildman–Crippen LogP) is -0.0324. The van der Waals surface area contributed by atoms with Crippen molar-refractivity contribution in [3.8, 4) is 0 Å². The number of aliphatic imine (C=N–C) groups is 1. The van der Waals surface area contributed by atoms with Gasteiger partial charge >= 0.3 is 0 Å². The third kappa shape index (κ3) is 2.21. The number of halogens is 1. The van der Waals surface area contributed by atoms with Crippen molar-refractivity contribution in [1.82, 2.24) is 4.90 Å². The zero-order valence-electron chi connectivity index (χ0n) is 10.3. The smallest absolute Gasteiger partial charge is 0.199 e. The summed E-state index contributed by atoms with van der Waals surface area (Å²) in [4.78, 5) is 7.94. The van der Waals surface area contributed by atoms with E-state index in [0.717, 1.165) is 0 Å². The van der Waals surface area contributed by atoms with Gasteiger partial charge in [0.05, 0.1) is 6.61 Å².